The van der Waals surface area contributed by atoms with Crippen molar-refractivity contribution >= 4 is 40.3 Å². The third-order valence-corrected chi connectivity index (χ3v) is 6.36. The van der Waals surface area contributed by atoms with Crippen LogP contribution in [0, 0.1) is 5.82 Å². The number of carbonyl (C=O) groups is 3. The number of hydrogen-bond donors (Lipinski definition) is 0. The second kappa shape index (κ2) is 7.55. The van der Waals surface area contributed by atoms with E-state index in [1.807, 2.05) is 17.5 Å². The Labute approximate surface area is 181 Å². The molecule has 8 heteroatoms. The number of nitrogens with zero attached hydrogens (tertiary/aromatic N) is 3. The van der Waals surface area contributed by atoms with Crippen LogP contribution >= 0.6 is 11.3 Å². The molecule has 0 saturated carbocycles. The number of fused-ring (bicyclic) bond motifs is 1. The van der Waals surface area contributed by atoms with E-state index in [0.29, 0.717) is 23.4 Å². The third-order valence-electron chi connectivity index (χ3n) is 5.39. The molecule has 31 heavy (non-hydrogen) atoms. The number of hydrogen-bond acceptors (Lipinski definition) is 5. The molecule has 3 aromatic rings. The molecule has 6 nitrogen and oxygen atoms in total. The van der Waals surface area contributed by atoms with Crippen molar-refractivity contribution in [2.75, 3.05) is 11.4 Å². The Hall–Kier alpha value is -3.65. The summed E-state index contributed by atoms with van der Waals surface area (Å²) in [6.07, 6.45) is 0.474. The first-order valence-electron chi connectivity index (χ1n) is 9.67. The minimum absolute atomic E-state index is 0.288. The Balaban J connectivity index is 1.46. The Morgan fingerprint density at radius 1 is 1.06 bits per heavy atom. The normalized spacial score (nSPS) is 17.8. The van der Waals surface area contributed by atoms with Crippen molar-refractivity contribution in [3.63, 3.8) is 0 Å². The topological polar surface area (TPSA) is 70.1 Å². The number of halogens is 1. The molecule has 0 N–H and O–H groups in total. The van der Waals surface area contributed by atoms with Crippen LogP contribution in [-0.2, 0) is 9.59 Å². The van der Waals surface area contributed by atoms with Crippen LogP contribution in [0.1, 0.15) is 33.3 Å². The number of Topliss-reactive ketones (excluding diaryl/α,β-unsaturated/α-hetero) is 1. The van der Waals surface area contributed by atoms with Crippen LogP contribution in [0.15, 0.2) is 71.1 Å². The molecule has 154 valence electrons. The number of rotatable bonds is 4. The van der Waals surface area contributed by atoms with E-state index >= 15 is 0 Å². The first kappa shape index (κ1) is 19.3. The Kier molecular flexibility index (Phi) is 4.71. The van der Waals surface area contributed by atoms with E-state index < -0.39 is 17.6 Å². The Morgan fingerprint density at radius 2 is 1.84 bits per heavy atom. The zero-order valence-corrected chi connectivity index (χ0v) is 17.0. The van der Waals surface area contributed by atoms with Crippen molar-refractivity contribution < 1.29 is 18.8 Å². The summed E-state index contributed by atoms with van der Waals surface area (Å²) in [4.78, 5) is 40.1. The lowest BCUT2D eigenvalue weighted by Gasteiger charge is -2.23. The van der Waals surface area contributed by atoms with Crippen LogP contribution in [0.3, 0.4) is 0 Å². The average Bonchev–Trinajstić information content (AvgIpc) is 3.51. The van der Waals surface area contributed by atoms with Crippen molar-refractivity contribution in [2.24, 2.45) is 5.10 Å². The molecule has 2 aromatic carbocycles. The van der Waals surface area contributed by atoms with Gasteiger partial charge in [0, 0.05) is 11.3 Å². The quantitative estimate of drug-likeness (QED) is 0.588. The van der Waals surface area contributed by atoms with Crippen LogP contribution in [0.5, 0.6) is 0 Å². The van der Waals surface area contributed by atoms with E-state index in [9.17, 15) is 18.8 Å². The van der Waals surface area contributed by atoms with Gasteiger partial charge in [0.15, 0.2) is 0 Å². The summed E-state index contributed by atoms with van der Waals surface area (Å²) >= 11 is 1.51. The molecule has 0 spiro atoms. The number of anilines is 1. The first-order chi connectivity index (χ1) is 15.0. The highest BCUT2D eigenvalue weighted by atomic mass is 32.1. The maximum absolute atomic E-state index is 13.3. The molecule has 2 amide bonds. The van der Waals surface area contributed by atoms with Gasteiger partial charge in [0.1, 0.15) is 12.4 Å². The molecule has 1 unspecified atom stereocenters. The molecular formula is C23H16FN3O3S. The van der Waals surface area contributed by atoms with Gasteiger partial charge in [-0.15, -0.1) is 11.3 Å². The lowest BCUT2D eigenvalue weighted by molar-refractivity contribution is -0.132. The molecule has 5 rings (SSSR count). The minimum Gasteiger partial charge on any atom is -0.295 e. The highest BCUT2D eigenvalue weighted by molar-refractivity contribution is 7.10. The van der Waals surface area contributed by atoms with Gasteiger partial charge in [-0.05, 0) is 41.3 Å². The summed E-state index contributed by atoms with van der Waals surface area (Å²) in [5.74, 6) is -2.08. The molecular weight excluding hydrogens is 417 g/mol. The number of ketones is 1. The first-order valence-corrected chi connectivity index (χ1v) is 10.5. The molecule has 0 aliphatic carbocycles. The molecule has 1 atom stereocenters. The van der Waals surface area contributed by atoms with Crippen molar-refractivity contribution in [2.45, 2.75) is 12.5 Å². The second-order valence-electron chi connectivity index (χ2n) is 7.26. The fraction of sp³-hybridized carbons (Fsp3) is 0.130. The summed E-state index contributed by atoms with van der Waals surface area (Å²) in [5.41, 5.74) is 2.12. The van der Waals surface area contributed by atoms with E-state index in [1.54, 1.807) is 36.4 Å². The predicted molar refractivity (Wildman–Crippen MR) is 115 cm³/mol. The van der Waals surface area contributed by atoms with Crippen molar-refractivity contribution in [1.82, 2.24) is 5.01 Å². The zero-order valence-electron chi connectivity index (χ0n) is 16.2. The van der Waals surface area contributed by atoms with Crippen LogP contribution in [-0.4, -0.2) is 34.9 Å². The van der Waals surface area contributed by atoms with Gasteiger partial charge < -0.3 is 0 Å². The van der Waals surface area contributed by atoms with Crippen molar-refractivity contribution in [3.05, 3.63) is 87.9 Å². The number of para-hydroxylation sites is 1. The van der Waals surface area contributed by atoms with Crippen LogP contribution < -0.4 is 4.90 Å². The molecule has 0 bridgehead atoms. The lowest BCUT2D eigenvalue weighted by atomic mass is 10.0. The highest BCUT2D eigenvalue weighted by Crippen LogP contribution is 2.36. The fourth-order valence-electron chi connectivity index (χ4n) is 3.87. The molecule has 0 radical (unpaired) electrons. The van der Waals surface area contributed by atoms with Crippen molar-refractivity contribution in [1.29, 1.82) is 0 Å². The summed E-state index contributed by atoms with van der Waals surface area (Å²) in [6.45, 7) is -0.288. The van der Waals surface area contributed by atoms with E-state index in [2.05, 4.69) is 5.10 Å². The largest absolute Gasteiger partial charge is 0.299 e. The molecule has 3 heterocycles. The summed E-state index contributed by atoms with van der Waals surface area (Å²) in [5, 5.41) is 7.83. The second-order valence-corrected chi connectivity index (χ2v) is 8.24. The van der Waals surface area contributed by atoms with Crippen LogP contribution in [0.2, 0.25) is 0 Å². The van der Waals surface area contributed by atoms with Gasteiger partial charge in [-0.25, -0.2) is 9.40 Å². The lowest BCUT2D eigenvalue weighted by Crippen LogP contribution is -2.40. The summed E-state index contributed by atoms with van der Waals surface area (Å²) in [7, 11) is 0. The SMILES string of the molecule is O=C1C(=O)N(CC(=O)N2N=C(c3ccc(F)cc3)CC2c2cccs2)c2ccccc21. The third kappa shape index (κ3) is 3.34. The summed E-state index contributed by atoms with van der Waals surface area (Å²) < 4.78 is 13.3. The number of benzene rings is 2. The summed E-state index contributed by atoms with van der Waals surface area (Å²) in [6, 6.07) is 16.1. The van der Waals surface area contributed by atoms with Gasteiger partial charge in [-0.3, -0.25) is 19.3 Å². The average molecular weight is 433 g/mol. The van der Waals surface area contributed by atoms with Gasteiger partial charge in [0.2, 0.25) is 0 Å². The smallest absolute Gasteiger partial charge is 0.295 e. The standard InChI is InChI=1S/C23H16FN3O3S/c24-15-9-7-14(8-10-15)17-12-19(20-6-3-11-31-20)27(25-17)21(28)13-26-18-5-2-1-4-16(18)22(29)23(26)30/h1-11,19H,12-13H2. The molecule has 2 aliphatic rings. The zero-order chi connectivity index (χ0) is 21.5. The van der Waals surface area contributed by atoms with Crippen molar-refractivity contribution in [3.8, 4) is 0 Å². The van der Waals surface area contributed by atoms with E-state index in [4.69, 9.17) is 0 Å². The van der Waals surface area contributed by atoms with E-state index in [-0.39, 0.29) is 18.4 Å². The van der Waals surface area contributed by atoms with Crippen LogP contribution in [0.4, 0.5) is 10.1 Å². The molecule has 0 saturated heterocycles. The number of carbonyl (C=O) groups excluding carboxylic acids is 3. The molecule has 0 fully saturated rings. The fourth-order valence-corrected chi connectivity index (χ4v) is 4.68. The predicted octanol–water partition coefficient (Wildman–Crippen LogP) is 3.79. The minimum atomic E-state index is -0.718. The van der Waals surface area contributed by atoms with E-state index in [0.717, 1.165) is 10.4 Å². The van der Waals surface area contributed by atoms with Gasteiger partial charge in [0.05, 0.1) is 23.0 Å². The maximum Gasteiger partial charge on any atom is 0.299 e. The maximum atomic E-state index is 13.3. The molecule has 1 aromatic heterocycles. The van der Waals surface area contributed by atoms with Gasteiger partial charge >= 0.3 is 0 Å². The number of amides is 2. The van der Waals surface area contributed by atoms with Crippen LogP contribution in [0.25, 0.3) is 0 Å². The van der Waals surface area contributed by atoms with E-state index in [1.165, 1.54) is 33.4 Å². The van der Waals surface area contributed by atoms with Gasteiger partial charge in [-0.1, -0.05) is 30.3 Å². The number of hydrazone groups is 1. The Bertz CT molecular complexity index is 1220. The molecule has 2 aliphatic heterocycles. The van der Waals surface area contributed by atoms with Gasteiger partial charge in [0.25, 0.3) is 17.6 Å². The van der Waals surface area contributed by atoms with Gasteiger partial charge in [-0.2, -0.15) is 5.10 Å². The number of thiophene rings is 1. The monoisotopic (exact) mass is 433 g/mol. The highest BCUT2D eigenvalue weighted by Gasteiger charge is 2.40. The Morgan fingerprint density at radius 3 is 2.58 bits per heavy atom.